The number of ether oxygens (including phenoxy) is 3. The van der Waals surface area contributed by atoms with Gasteiger partial charge in [-0.25, -0.2) is 0 Å². The van der Waals surface area contributed by atoms with Crippen molar-refractivity contribution in [3.63, 3.8) is 0 Å². The molecule has 0 amide bonds. The van der Waals surface area contributed by atoms with Crippen LogP contribution in [0.3, 0.4) is 0 Å². The van der Waals surface area contributed by atoms with Crippen LogP contribution < -0.4 is 19.5 Å². The van der Waals surface area contributed by atoms with E-state index >= 15 is 0 Å². The zero-order valence-corrected chi connectivity index (χ0v) is 14.4. The van der Waals surface area contributed by atoms with Gasteiger partial charge in [0.15, 0.2) is 17.2 Å². The van der Waals surface area contributed by atoms with E-state index in [1.807, 2.05) is 24.3 Å². The van der Waals surface area contributed by atoms with Gasteiger partial charge in [-0.1, -0.05) is 12.1 Å². The Morgan fingerprint density at radius 3 is 2.36 bits per heavy atom. The second-order valence-electron chi connectivity index (χ2n) is 5.74. The molecule has 0 fully saturated rings. The van der Waals surface area contributed by atoms with Gasteiger partial charge >= 0.3 is 5.69 Å². The quantitative estimate of drug-likeness (QED) is 0.663. The van der Waals surface area contributed by atoms with Crippen LogP contribution in [0.5, 0.6) is 17.2 Å². The van der Waals surface area contributed by atoms with E-state index in [0.29, 0.717) is 30.2 Å². The molecular formula is C18H20N2O5. The molecule has 7 nitrogen and oxygen atoms in total. The van der Waals surface area contributed by atoms with Crippen LogP contribution in [0.25, 0.3) is 0 Å². The lowest BCUT2D eigenvalue weighted by Gasteiger charge is -2.27. The van der Waals surface area contributed by atoms with E-state index in [1.165, 1.54) is 7.11 Å². The van der Waals surface area contributed by atoms with Gasteiger partial charge in [-0.05, 0) is 29.3 Å². The minimum Gasteiger partial charge on any atom is -0.493 e. The Hall–Kier alpha value is -2.80. The largest absolute Gasteiger partial charge is 0.493 e. The van der Waals surface area contributed by atoms with Crippen LogP contribution in [0.1, 0.15) is 22.6 Å². The molecule has 25 heavy (non-hydrogen) atoms. The van der Waals surface area contributed by atoms with Gasteiger partial charge in [-0.2, -0.15) is 0 Å². The number of nitrogens with zero attached hydrogens (tertiary/aromatic N) is 1. The third-order valence-corrected chi connectivity index (χ3v) is 4.52. The van der Waals surface area contributed by atoms with Crippen molar-refractivity contribution in [1.82, 2.24) is 5.32 Å². The summed E-state index contributed by atoms with van der Waals surface area (Å²) in [6.07, 6.45) is 0. The summed E-state index contributed by atoms with van der Waals surface area (Å²) in [5.74, 6) is 1.54. The average molecular weight is 344 g/mol. The Bertz CT molecular complexity index is 806. The Labute approximate surface area is 145 Å². The van der Waals surface area contributed by atoms with Crippen LogP contribution in [-0.2, 0) is 6.54 Å². The summed E-state index contributed by atoms with van der Waals surface area (Å²) in [6.45, 7) is 1.12. The van der Waals surface area contributed by atoms with E-state index in [4.69, 9.17) is 14.2 Å². The molecule has 0 radical (unpaired) electrons. The average Bonchev–Trinajstić information content (AvgIpc) is 2.65. The first-order valence-electron chi connectivity index (χ1n) is 7.87. The Morgan fingerprint density at radius 1 is 1.04 bits per heavy atom. The molecule has 1 aliphatic heterocycles. The molecule has 0 spiro atoms. The lowest BCUT2D eigenvalue weighted by molar-refractivity contribution is -0.386. The highest BCUT2D eigenvalue weighted by Crippen LogP contribution is 2.41. The second-order valence-corrected chi connectivity index (χ2v) is 5.74. The first kappa shape index (κ1) is 17.0. The number of benzene rings is 2. The van der Waals surface area contributed by atoms with Crippen molar-refractivity contribution >= 4 is 5.69 Å². The first-order chi connectivity index (χ1) is 12.1. The zero-order chi connectivity index (χ0) is 18.0. The van der Waals surface area contributed by atoms with Gasteiger partial charge in [-0.3, -0.25) is 10.1 Å². The van der Waals surface area contributed by atoms with Crippen LogP contribution in [0.2, 0.25) is 0 Å². The number of rotatable bonds is 5. The highest BCUT2D eigenvalue weighted by molar-refractivity contribution is 5.60. The lowest BCUT2D eigenvalue weighted by atomic mass is 9.84. The molecule has 0 bridgehead atoms. The van der Waals surface area contributed by atoms with Gasteiger partial charge in [-0.15, -0.1) is 0 Å². The summed E-state index contributed by atoms with van der Waals surface area (Å²) < 4.78 is 15.8. The van der Waals surface area contributed by atoms with Crippen molar-refractivity contribution in [3.8, 4) is 17.2 Å². The van der Waals surface area contributed by atoms with Gasteiger partial charge in [0, 0.05) is 19.0 Å². The van der Waals surface area contributed by atoms with Crippen molar-refractivity contribution in [1.29, 1.82) is 0 Å². The van der Waals surface area contributed by atoms with E-state index in [-0.39, 0.29) is 22.3 Å². The molecule has 7 heteroatoms. The standard InChI is InChI=1S/C18H20N2O5/c1-23-15-6-4-11(8-17(15)25-3)13-9-19-10-14-12(13)5-7-16(24-2)18(14)20(21)22/h4-8,13,19H,9-10H2,1-3H3. The summed E-state index contributed by atoms with van der Waals surface area (Å²) in [5.41, 5.74) is 2.62. The van der Waals surface area contributed by atoms with Crippen LogP contribution >= 0.6 is 0 Å². The maximum absolute atomic E-state index is 11.5. The number of fused-ring (bicyclic) bond motifs is 1. The molecule has 0 saturated carbocycles. The molecule has 2 aromatic carbocycles. The van der Waals surface area contributed by atoms with E-state index in [9.17, 15) is 10.1 Å². The molecule has 0 aliphatic carbocycles. The number of nitro benzene ring substituents is 1. The highest BCUT2D eigenvalue weighted by Gasteiger charge is 2.31. The Morgan fingerprint density at radius 2 is 1.72 bits per heavy atom. The van der Waals surface area contributed by atoms with Crippen molar-refractivity contribution in [3.05, 3.63) is 57.1 Å². The van der Waals surface area contributed by atoms with E-state index < -0.39 is 0 Å². The topological polar surface area (TPSA) is 82.9 Å². The van der Waals surface area contributed by atoms with E-state index in [2.05, 4.69) is 5.32 Å². The van der Waals surface area contributed by atoms with Crippen molar-refractivity contribution in [2.45, 2.75) is 12.5 Å². The van der Waals surface area contributed by atoms with Gasteiger partial charge in [0.1, 0.15) is 0 Å². The fourth-order valence-electron chi connectivity index (χ4n) is 3.33. The molecule has 2 aromatic rings. The Kier molecular flexibility index (Phi) is 4.76. The van der Waals surface area contributed by atoms with E-state index in [0.717, 1.165) is 11.1 Å². The Balaban J connectivity index is 2.11. The molecule has 1 heterocycles. The summed E-state index contributed by atoms with van der Waals surface area (Å²) in [7, 11) is 4.62. The van der Waals surface area contributed by atoms with Crippen LogP contribution in [0.4, 0.5) is 5.69 Å². The molecule has 1 atom stereocenters. The summed E-state index contributed by atoms with van der Waals surface area (Å²) in [6, 6.07) is 9.29. The molecular weight excluding hydrogens is 324 g/mol. The van der Waals surface area contributed by atoms with Gasteiger partial charge in [0.25, 0.3) is 0 Å². The molecule has 1 unspecified atom stereocenters. The van der Waals surface area contributed by atoms with Crippen LogP contribution in [0.15, 0.2) is 30.3 Å². The molecule has 1 N–H and O–H groups in total. The first-order valence-corrected chi connectivity index (χ1v) is 7.87. The molecule has 3 rings (SSSR count). The van der Waals surface area contributed by atoms with Gasteiger partial charge in [0.05, 0.1) is 31.8 Å². The normalized spacial score (nSPS) is 16.0. The maximum Gasteiger partial charge on any atom is 0.315 e. The maximum atomic E-state index is 11.5. The monoisotopic (exact) mass is 344 g/mol. The minimum atomic E-state index is -0.379. The number of methoxy groups -OCH3 is 3. The second kappa shape index (κ2) is 6.98. The smallest absolute Gasteiger partial charge is 0.315 e. The fraction of sp³-hybridized carbons (Fsp3) is 0.333. The predicted molar refractivity (Wildman–Crippen MR) is 92.7 cm³/mol. The van der Waals surface area contributed by atoms with Crippen LogP contribution in [0, 0.1) is 10.1 Å². The third-order valence-electron chi connectivity index (χ3n) is 4.52. The molecule has 1 aliphatic rings. The number of nitro groups is 1. The van der Waals surface area contributed by atoms with Crippen LogP contribution in [-0.4, -0.2) is 32.8 Å². The predicted octanol–water partition coefficient (Wildman–Crippen LogP) is 2.86. The molecule has 0 aromatic heterocycles. The van der Waals surface area contributed by atoms with Gasteiger partial charge < -0.3 is 19.5 Å². The highest BCUT2D eigenvalue weighted by atomic mass is 16.6. The SMILES string of the molecule is COc1ccc(C2CNCc3c2ccc(OC)c3[N+](=O)[O-])cc1OC. The third kappa shape index (κ3) is 2.98. The summed E-state index contributed by atoms with van der Waals surface area (Å²) in [4.78, 5) is 11.2. The summed E-state index contributed by atoms with van der Waals surface area (Å²) >= 11 is 0. The van der Waals surface area contributed by atoms with E-state index in [1.54, 1.807) is 20.3 Å². The number of hydrogen-bond acceptors (Lipinski definition) is 6. The minimum absolute atomic E-state index is 0.0202. The summed E-state index contributed by atoms with van der Waals surface area (Å²) in [5, 5.41) is 14.8. The van der Waals surface area contributed by atoms with Crippen molar-refractivity contribution in [2.24, 2.45) is 0 Å². The number of hydrogen-bond donors (Lipinski definition) is 1. The van der Waals surface area contributed by atoms with Crippen molar-refractivity contribution in [2.75, 3.05) is 27.9 Å². The fourth-order valence-corrected chi connectivity index (χ4v) is 3.33. The number of nitrogens with one attached hydrogen (secondary N) is 1. The zero-order valence-electron chi connectivity index (χ0n) is 14.4. The van der Waals surface area contributed by atoms with Gasteiger partial charge in [0.2, 0.25) is 0 Å². The molecule has 132 valence electrons. The molecule has 0 saturated heterocycles. The lowest BCUT2D eigenvalue weighted by Crippen LogP contribution is -2.29. The van der Waals surface area contributed by atoms with Crippen molar-refractivity contribution < 1.29 is 19.1 Å².